The Morgan fingerprint density at radius 1 is 1.15 bits per heavy atom. The number of hydrogen-bond acceptors (Lipinski definition) is 3. The molecule has 0 spiro atoms. The van der Waals surface area contributed by atoms with Gasteiger partial charge in [0.2, 0.25) is 0 Å². The van der Waals surface area contributed by atoms with Crippen LogP contribution in [-0.4, -0.2) is 27.4 Å². The largest absolute Gasteiger partial charge is 0.350 e. The average molecular weight is 375 g/mol. The summed E-state index contributed by atoms with van der Waals surface area (Å²) in [5.74, 6) is -0.263. The van der Waals surface area contributed by atoms with Crippen molar-refractivity contribution in [2.75, 3.05) is 11.4 Å². The third-order valence-electron chi connectivity index (χ3n) is 4.25. The number of benzene rings is 2. The van der Waals surface area contributed by atoms with Gasteiger partial charge in [0.25, 0.3) is 15.9 Å². The fourth-order valence-corrected chi connectivity index (χ4v) is 3.90. The molecule has 5 nitrogen and oxygen atoms in total. The predicted molar refractivity (Wildman–Crippen MR) is 105 cm³/mol. The van der Waals surface area contributed by atoms with Crippen molar-refractivity contribution in [3.63, 3.8) is 0 Å². The van der Waals surface area contributed by atoms with Gasteiger partial charge in [-0.2, -0.15) is 0 Å². The van der Waals surface area contributed by atoms with Crippen molar-refractivity contribution in [3.05, 3.63) is 59.7 Å². The van der Waals surface area contributed by atoms with Crippen LogP contribution in [0.3, 0.4) is 0 Å². The van der Waals surface area contributed by atoms with Crippen LogP contribution in [0.15, 0.2) is 53.4 Å². The van der Waals surface area contributed by atoms with Gasteiger partial charge in [-0.15, -0.1) is 0 Å². The summed E-state index contributed by atoms with van der Waals surface area (Å²) in [7, 11) is -2.24. The first kappa shape index (κ1) is 20.0. The number of anilines is 1. The van der Waals surface area contributed by atoms with Crippen LogP contribution in [0.25, 0.3) is 0 Å². The summed E-state index contributed by atoms with van der Waals surface area (Å²) in [6.45, 7) is 5.93. The molecule has 0 heterocycles. The summed E-state index contributed by atoms with van der Waals surface area (Å²) >= 11 is 0. The van der Waals surface area contributed by atoms with Crippen molar-refractivity contribution in [1.29, 1.82) is 0 Å². The molecule has 0 saturated heterocycles. The van der Waals surface area contributed by atoms with E-state index in [9.17, 15) is 13.2 Å². The van der Waals surface area contributed by atoms with E-state index < -0.39 is 10.0 Å². The molecule has 0 radical (unpaired) electrons. The summed E-state index contributed by atoms with van der Waals surface area (Å²) in [6.07, 6.45) is 1.84. The van der Waals surface area contributed by atoms with E-state index in [-0.39, 0.29) is 16.8 Å². The molecule has 2 aromatic rings. The van der Waals surface area contributed by atoms with Crippen molar-refractivity contribution in [2.24, 2.45) is 0 Å². The average Bonchev–Trinajstić information content (AvgIpc) is 2.62. The molecule has 0 aliphatic rings. The fourth-order valence-electron chi connectivity index (χ4n) is 2.66. The highest BCUT2D eigenvalue weighted by Gasteiger charge is 2.22. The van der Waals surface area contributed by atoms with E-state index in [1.54, 1.807) is 24.3 Å². The maximum atomic E-state index is 12.9. The lowest BCUT2D eigenvalue weighted by Gasteiger charge is -2.20. The Labute approximate surface area is 156 Å². The van der Waals surface area contributed by atoms with Crippen molar-refractivity contribution < 1.29 is 13.2 Å². The Morgan fingerprint density at radius 2 is 1.81 bits per heavy atom. The Kier molecular flexibility index (Phi) is 6.42. The van der Waals surface area contributed by atoms with Gasteiger partial charge in [0.15, 0.2) is 0 Å². The second-order valence-corrected chi connectivity index (χ2v) is 8.47. The van der Waals surface area contributed by atoms with Gasteiger partial charge in [0.1, 0.15) is 0 Å². The second kappa shape index (κ2) is 8.36. The van der Waals surface area contributed by atoms with E-state index in [4.69, 9.17) is 0 Å². The highest BCUT2D eigenvalue weighted by molar-refractivity contribution is 7.92. The first-order valence-electron chi connectivity index (χ1n) is 8.72. The zero-order valence-corrected chi connectivity index (χ0v) is 16.5. The molecule has 0 fully saturated rings. The zero-order chi connectivity index (χ0) is 19.3. The molecule has 26 heavy (non-hydrogen) atoms. The van der Waals surface area contributed by atoms with Crippen molar-refractivity contribution in [2.45, 2.75) is 44.6 Å². The van der Waals surface area contributed by atoms with Crippen molar-refractivity contribution in [1.82, 2.24) is 5.32 Å². The number of nitrogens with one attached hydrogen (secondary N) is 1. The normalized spacial score (nSPS) is 12.5. The zero-order valence-electron chi connectivity index (χ0n) is 15.7. The minimum atomic E-state index is -3.75. The third kappa shape index (κ3) is 4.64. The number of nitrogens with zero attached hydrogens (tertiary/aromatic N) is 1. The molecule has 2 aromatic carbocycles. The summed E-state index contributed by atoms with van der Waals surface area (Å²) in [5.41, 5.74) is 1.97. The van der Waals surface area contributed by atoms with E-state index in [0.29, 0.717) is 11.3 Å². The van der Waals surface area contributed by atoms with Gasteiger partial charge in [0, 0.05) is 18.7 Å². The molecular weight excluding hydrogens is 348 g/mol. The monoisotopic (exact) mass is 374 g/mol. The third-order valence-corrected chi connectivity index (χ3v) is 6.03. The van der Waals surface area contributed by atoms with E-state index in [2.05, 4.69) is 12.2 Å². The van der Waals surface area contributed by atoms with Gasteiger partial charge in [-0.05, 0) is 50.6 Å². The summed E-state index contributed by atoms with van der Waals surface area (Å²) < 4.78 is 27.0. The predicted octanol–water partition coefficient (Wildman–Crippen LogP) is 3.74. The standard InChI is InChI=1S/C20H26N2O3S/c1-5-7-16(3)21-20(23)17-8-6-9-19(14-17)26(24,25)22(4)18-12-10-15(2)11-13-18/h6,8-14,16H,5,7H2,1-4H3,(H,21,23)/t16-/m1/s1. The number of hydrogen-bond donors (Lipinski definition) is 1. The number of carbonyl (C=O) groups is 1. The lowest BCUT2D eigenvalue weighted by Crippen LogP contribution is -2.32. The quantitative estimate of drug-likeness (QED) is 0.803. The summed E-state index contributed by atoms with van der Waals surface area (Å²) in [6, 6.07) is 13.4. The number of amides is 1. The lowest BCUT2D eigenvalue weighted by molar-refractivity contribution is 0.0938. The van der Waals surface area contributed by atoms with Crippen LogP contribution in [0, 0.1) is 6.92 Å². The van der Waals surface area contributed by atoms with Crippen LogP contribution in [0.1, 0.15) is 42.6 Å². The first-order valence-corrected chi connectivity index (χ1v) is 10.2. The molecule has 0 bridgehead atoms. The van der Waals surface area contributed by atoms with Crippen molar-refractivity contribution >= 4 is 21.6 Å². The molecule has 2 rings (SSSR count). The Hall–Kier alpha value is -2.34. The maximum absolute atomic E-state index is 12.9. The molecule has 1 atom stereocenters. The van der Waals surface area contributed by atoms with Crippen LogP contribution >= 0.6 is 0 Å². The van der Waals surface area contributed by atoms with Crippen LogP contribution < -0.4 is 9.62 Å². The first-order chi connectivity index (χ1) is 12.3. The number of rotatable bonds is 7. The van der Waals surface area contributed by atoms with E-state index in [1.165, 1.54) is 23.5 Å². The van der Waals surface area contributed by atoms with Gasteiger partial charge < -0.3 is 5.32 Å². The Bertz CT molecular complexity index is 861. The minimum Gasteiger partial charge on any atom is -0.350 e. The number of aryl methyl sites for hydroxylation is 1. The molecule has 0 aliphatic heterocycles. The molecule has 1 N–H and O–H groups in total. The minimum absolute atomic E-state index is 0.0444. The van der Waals surface area contributed by atoms with Gasteiger partial charge in [-0.25, -0.2) is 8.42 Å². The van der Waals surface area contributed by atoms with Crippen molar-refractivity contribution in [3.8, 4) is 0 Å². The number of sulfonamides is 1. The van der Waals surface area contributed by atoms with Crippen LogP contribution in [0.2, 0.25) is 0 Å². The lowest BCUT2D eigenvalue weighted by atomic mass is 10.1. The SMILES string of the molecule is CCC[C@@H](C)NC(=O)c1cccc(S(=O)(=O)N(C)c2ccc(C)cc2)c1. The van der Waals surface area contributed by atoms with Gasteiger partial charge in [-0.3, -0.25) is 9.10 Å². The molecule has 0 aliphatic carbocycles. The van der Waals surface area contributed by atoms with E-state index in [0.717, 1.165) is 18.4 Å². The summed E-state index contributed by atoms with van der Waals surface area (Å²) in [5, 5.41) is 2.90. The van der Waals surface area contributed by atoms with Gasteiger partial charge in [0.05, 0.1) is 10.6 Å². The highest BCUT2D eigenvalue weighted by atomic mass is 32.2. The van der Waals surface area contributed by atoms with Crippen LogP contribution in [0.5, 0.6) is 0 Å². The van der Waals surface area contributed by atoms with Crippen LogP contribution in [-0.2, 0) is 10.0 Å². The molecular formula is C20H26N2O3S. The summed E-state index contributed by atoms with van der Waals surface area (Å²) in [4.78, 5) is 12.5. The molecule has 0 unspecified atom stereocenters. The van der Waals surface area contributed by atoms with Gasteiger partial charge >= 0.3 is 0 Å². The smallest absolute Gasteiger partial charge is 0.264 e. The second-order valence-electron chi connectivity index (χ2n) is 6.50. The highest BCUT2D eigenvalue weighted by Crippen LogP contribution is 2.23. The van der Waals surface area contributed by atoms with E-state index >= 15 is 0 Å². The molecule has 1 amide bonds. The Morgan fingerprint density at radius 3 is 2.42 bits per heavy atom. The van der Waals surface area contributed by atoms with E-state index in [1.807, 2.05) is 26.0 Å². The molecule has 6 heteroatoms. The topological polar surface area (TPSA) is 66.5 Å². The molecule has 0 aromatic heterocycles. The molecule has 140 valence electrons. The maximum Gasteiger partial charge on any atom is 0.264 e. The van der Waals surface area contributed by atoms with Gasteiger partial charge in [-0.1, -0.05) is 37.1 Å². The number of carbonyl (C=O) groups excluding carboxylic acids is 1. The Balaban J connectivity index is 2.27. The molecule has 0 saturated carbocycles. The van der Waals surface area contributed by atoms with Crippen LogP contribution in [0.4, 0.5) is 5.69 Å². The fraction of sp³-hybridized carbons (Fsp3) is 0.350.